The molecule has 0 unspecified atom stereocenters. The van der Waals surface area contributed by atoms with Crippen LogP contribution in [-0.2, 0) is 4.79 Å². The van der Waals surface area contributed by atoms with E-state index in [-0.39, 0.29) is 5.91 Å². The summed E-state index contributed by atoms with van der Waals surface area (Å²) in [5, 5.41) is 10.3. The molecule has 1 saturated carbocycles. The maximum absolute atomic E-state index is 10.9. The second-order valence-corrected chi connectivity index (χ2v) is 3.01. The molecule has 0 aliphatic heterocycles. The van der Waals surface area contributed by atoms with Gasteiger partial charge in [0.25, 0.3) is 0 Å². The van der Waals surface area contributed by atoms with Crippen LogP contribution in [0.25, 0.3) is 0 Å². The number of carbonyl (C=O) groups is 1. The van der Waals surface area contributed by atoms with Crippen LogP contribution in [0.2, 0.25) is 0 Å². The molecular formula is C8H12N2O. The number of nitriles is 1. The van der Waals surface area contributed by atoms with Crippen molar-refractivity contribution >= 4 is 5.91 Å². The maximum Gasteiger partial charge on any atom is 0.233 e. The summed E-state index contributed by atoms with van der Waals surface area (Å²) in [5.74, 6) is 0.405. The van der Waals surface area contributed by atoms with Gasteiger partial charge in [-0.15, -0.1) is 0 Å². The Morgan fingerprint density at radius 2 is 2.18 bits per heavy atom. The van der Waals surface area contributed by atoms with Crippen LogP contribution in [0.5, 0.6) is 0 Å². The Labute approximate surface area is 66.4 Å². The van der Waals surface area contributed by atoms with Gasteiger partial charge in [-0.1, -0.05) is 12.8 Å². The number of amides is 1. The third-order valence-corrected chi connectivity index (χ3v) is 2.14. The second-order valence-electron chi connectivity index (χ2n) is 3.01. The van der Waals surface area contributed by atoms with Crippen LogP contribution in [-0.4, -0.2) is 5.91 Å². The minimum atomic E-state index is -0.126. The highest BCUT2D eigenvalue weighted by atomic mass is 16.1. The largest absolute Gasteiger partial charge is 0.274 e. The van der Waals surface area contributed by atoms with E-state index >= 15 is 0 Å². The Hall–Kier alpha value is -1.04. The van der Waals surface area contributed by atoms with Gasteiger partial charge in [-0.2, -0.15) is 5.26 Å². The molecule has 1 amide bonds. The molecule has 3 nitrogen and oxygen atoms in total. The molecule has 0 atom stereocenters. The molecule has 0 aromatic carbocycles. The molecule has 1 aliphatic carbocycles. The predicted octanol–water partition coefficient (Wildman–Crippen LogP) is 1.16. The summed E-state index contributed by atoms with van der Waals surface area (Å²) >= 11 is 0. The first-order valence-corrected chi connectivity index (χ1v) is 4.01. The van der Waals surface area contributed by atoms with Gasteiger partial charge in [0.1, 0.15) is 0 Å². The van der Waals surface area contributed by atoms with Crippen LogP contribution < -0.4 is 5.32 Å². The van der Waals surface area contributed by atoms with Crippen molar-refractivity contribution in [2.24, 2.45) is 5.92 Å². The number of hydrogen-bond acceptors (Lipinski definition) is 2. The molecule has 1 rings (SSSR count). The Balaban J connectivity index is 2.19. The summed E-state index contributed by atoms with van der Waals surface area (Å²) in [6, 6.07) is 0. The van der Waals surface area contributed by atoms with Crippen molar-refractivity contribution < 1.29 is 4.79 Å². The van der Waals surface area contributed by atoms with E-state index in [1.807, 2.05) is 0 Å². The van der Waals surface area contributed by atoms with Crippen LogP contribution >= 0.6 is 0 Å². The van der Waals surface area contributed by atoms with E-state index in [9.17, 15) is 4.79 Å². The first-order valence-electron chi connectivity index (χ1n) is 4.01. The third-order valence-electron chi connectivity index (χ3n) is 2.14. The standard InChI is InChI=1S/C8H12N2O/c9-6-10-8(11)5-7-3-1-2-4-7/h7H,1-5H2,(H,10,11). The molecule has 0 aromatic rings. The zero-order chi connectivity index (χ0) is 8.10. The molecule has 0 bridgehead atoms. The molecule has 0 heterocycles. The lowest BCUT2D eigenvalue weighted by molar-refractivity contribution is -0.120. The van der Waals surface area contributed by atoms with Gasteiger partial charge in [-0.25, -0.2) is 0 Å². The normalized spacial score (nSPS) is 17.7. The van der Waals surface area contributed by atoms with Crippen molar-refractivity contribution in [2.75, 3.05) is 0 Å². The molecule has 0 spiro atoms. The SMILES string of the molecule is N#CNC(=O)CC1CCCC1. The number of nitrogens with one attached hydrogen (secondary N) is 1. The van der Waals surface area contributed by atoms with E-state index in [4.69, 9.17) is 5.26 Å². The van der Waals surface area contributed by atoms with Gasteiger partial charge in [-0.3, -0.25) is 10.1 Å². The van der Waals surface area contributed by atoms with Crippen LogP contribution in [0.1, 0.15) is 32.1 Å². The van der Waals surface area contributed by atoms with Crippen LogP contribution in [0.4, 0.5) is 0 Å². The van der Waals surface area contributed by atoms with Crippen LogP contribution in [0, 0.1) is 17.4 Å². The first kappa shape index (κ1) is 8.06. The molecule has 1 aliphatic rings. The van der Waals surface area contributed by atoms with E-state index in [2.05, 4.69) is 5.32 Å². The van der Waals surface area contributed by atoms with Crippen molar-refractivity contribution in [3.63, 3.8) is 0 Å². The second kappa shape index (κ2) is 3.97. The Morgan fingerprint density at radius 3 is 2.73 bits per heavy atom. The highest BCUT2D eigenvalue weighted by molar-refractivity contribution is 5.77. The van der Waals surface area contributed by atoms with Gasteiger partial charge in [-0.05, 0) is 18.8 Å². The summed E-state index contributed by atoms with van der Waals surface area (Å²) in [7, 11) is 0. The minimum absolute atomic E-state index is 0.126. The van der Waals surface area contributed by atoms with Crippen molar-refractivity contribution in [3.05, 3.63) is 0 Å². The molecule has 0 saturated heterocycles. The highest BCUT2D eigenvalue weighted by Gasteiger charge is 2.17. The van der Waals surface area contributed by atoms with Crippen molar-refractivity contribution in [2.45, 2.75) is 32.1 Å². The molecule has 3 heteroatoms. The van der Waals surface area contributed by atoms with E-state index in [1.54, 1.807) is 6.19 Å². The van der Waals surface area contributed by atoms with E-state index in [0.717, 1.165) is 12.8 Å². The Kier molecular flexibility index (Phi) is 2.91. The summed E-state index contributed by atoms with van der Waals surface area (Å²) in [6.07, 6.45) is 6.96. The fourth-order valence-electron chi connectivity index (χ4n) is 1.59. The molecular weight excluding hydrogens is 140 g/mol. The minimum Gasteiger partial charge on any atom is -0.274 e. The predicted molar refractivity (Wildman–Crippen MR) is 40.3 cm³/mol. The summed E-state index contributed by atoms with van der Waals surface area (Å²) in [6.45, 7) is 0. The molecule has 11 heavy (non-hydrogen) atoms. The van der Waals surface area contributed by atoms with Gasteiger partial charge >= 0.3 is 0 Å². The molecule has 0 aromatic heterocycles. The molecule has 0 radical (unpaired) electrons. The highest BCUT2D eigenvalue weighted by Crippen LogP contribution is 2.27. The number of rotatable bonds is 2. The van der Waals surface area contributed by atoms with Crippen molar-refractivity contribution in [1.29, 1.82) is 5.26 Å². The van der Waals surface area contributed by atoms with E-state index < -0.39 is 0 Å². The maximum atomic E-state index is 10.9. The topological polar surface area (TPSA) is 52.9 Å². The fourth-order valence-corrected chi connectivity index (χ4v) is 1.59. The fraction of sp³-hybridized carbons (Fsp3) is 0.750. The number of hydrogen-bond donors (Lipinski definition) is 1. The third kappa shape index (κ3) is 2.58. The molecule has 60 valence electrons. The Morgan fingerprint density at radius 1 is 1.55 bits per heavy atom. The zero-order valence-electron chi connectivity index (χ0n) is 6.47. The zero-order valence-corrected chi connectivity index (χ0v) is 6.47. The first-order chi connectivity index (χ1) is 5.33. The average molecular weight is 152 g/mol. The monoisotopic (exact) mass is 152 g/mol. The summed E-state index contributed by atoms with van der Waals surface area (Å²) < 4.78 is 0. The van der Waals surface area contributed by atoms with Crippen LogP contribution in [0.15, 0.2) is 0 Å². The van der Waals surface area contributed by atoms with Crippen LogP contribution in [0.3, 0.4) is 0 Å². The molecule has 1 fully saturated rings. The van der Waals surface area contributed by atoms with Gasteiger partial charge in [0.15, 0.2) is 6.19 Å². The number of nitrogens with zero attached hydrogens (tertiary/aromatic N) is 1. The average Bonchev–Trinajstić information content (AvgIpc) is 2.40. The quantitative estimate of drug-likeness (QED) is 0.477. The van der Waals surface area contributed by atoms with E-state index in [0.29, 0.717) is 12.3 Å². The van der Waals surface area contributed by atoms with Gasteiger partial charge < -0.3 is 0 Å². The van der Waals surface area contributed by atoms with E-state index in [1.165, 1.54) is 12.8 Å². The van der Waals surface area contributed by atoms with Crippen molar-refractivity contribution in [1.82, 2.24) is 5.32 Å². The number of carbonyl (C=O) groups excluding carboxylic acids is 1. The summed E-state index contributed by atoms with van der Waals surface area (Å²) in [5.41, 5.74) is 0. The Bertz CT molecular complexity index is 177. The lowest BCUT2D eigenvalue weighted by atomic mass is 10.0. The lowest BCUT2D eigenvalue weighted by Gasteiger charge is -2.04. The van der Waals surface area contributed by atoms with Gasteiger partial charge in [0, 0.05) is 6.42 Å². The summed E-state index contributed by atoms with van der Waals surface area (Å²) in [4.78, 5) is 10.9. The van der Waals surface area contributed by atoms with Gasteiger partial charge in [0.05, 0.1) is 0 Å². The molecule has 1 N–H and O–H groups in total. The van der Waals surface area contributed by atoms with Gasteiger partial charge in [0.2, 0.25) is 5.91 Å². The smallest absolute Gasteiger partial charge is 0.233 e. The lowest BCUT2D eigenvalue weighted by Crippen LogP contribution is -2.19. The van der Waals surface area contributed by atoms with Crippen molar-refractivity contribution in [3.8, 4) is 6.19 Å².